The van der Waals surface area contributed by atoms with E-state index in [0.29, 0.717) is 19.8 Å². The number of fused-ring (bicyclic) bond motifs is 1. The maximum atomic E-state index is 10.2. The van der Waals surface area contributed by atoms with Crippen molar-refractivity contribution in [1.29, 1.82) is 0 Å². The van der Waals surface area contributed by atoms with E-state index in [1.54, 1.807) is 0 Å². The molecule has 0 amide bonds. The number of aliphatic hydroxyl groups is 1. The van der Waals surface area contributed by atoms with E-state index >= 15 is 0 Å². The normalized spacial score (nSPS) is 30.8. The summed E-state index contributed by atoms with van der Waals surface area (Å²) in [6, 6.07) is 7.66. The standard InChI is InChI=1S/C19H29NO4/c1-14-7-15(2)9-20(8-14)10-16(21)11-22-12-17-13-23-18-5-3-4-6-19(18)24-17/h3-6,14-17,21H,7-13H2,1-2H3/p+1/t14-,15-,16-,17+/m0/s1. The number of aliphatic hydroxyl groups excluding tert-OH is 1. The third-order valence-corrected chi connectivity index (χ3v) is 4.78. The smallest absolute Gasteiger partial charge is 0.161 e. The summed E-state index contributed by atoms with van der Waals surface area (Å²) in [6.07, 6.45) is 0.764. The van der Waals surface area contributed by atoms with E-state index in [9.17, 15) is 5.11 Å². The van der Waals surface area contributed by atoms with Gasteiger partial charge < -0.3 is 24.2 Å². The minimum atomic E-state index is -0.422. The van der Waals surface area contributed by atoms with Gasteiger partial charge in [0.1, 0.15) is 19.3 Å². The molecular formula is C19H30NO4+. The zero-order valence-electron chi connectivity index (χ0n) is 14.7. The molecular weight excluding hydrogens is 306 g/mol. The van der Waals surface area contributed by atoms with E-state index in [-0.39, 0.29) is 6.10 Å². The van der Waals surface area contributed by atoms with Crippen molar-refractivity contribution in [2.75, 3.05) is 39.5 Å². The minimum absolute atomic E-state index is 0.116. The molecule has 3 rings (SSSR count). The van der Waals surface area contributed by atoms with Crippen molar-refractivity contribution in [3.8, 4) is 11.5 Å². The summed E-state index contributed by atoms with van der Waals surface area (Å²) >= 11 is 0. The second kappa shape index (κ2) is 8.19. The number of piperidine rings is 1. The van der Waals surface area contributed by atoms with Crippen molar-refractivity contribution in [1.82, 2.24) is 0 Å². The van der Waals surface area contributed by atoms with Gasteiger partial charge >= 0.3 is 0 Å². The van der Waals surface area contributed by atoms with Crippen molar-refractivity contribution >= 4 is 0 Å². The molecule has 2 aliphatic heterocycles. The zero-order valence-corrected chi connectivity index (χ0v) is 14.7. The number of benzene rings is 1. The van der Waals surface area contributed by atoms with E-state index in [4.69, 9.17) is 14.2 Å². The lowest BCUT2D eigenvalue weighted by Gasteiger charge is -2.33. The Morgan fingerprint density at radius 3 is 2.67 bits per heavy atom. The Kier molecular flexibility index (Phi) is 5.98. The van der Waals surface area contributed by atoms with Gasteiger partial charge in [-0.05, 0) is 18.6 Å². The fraction of sp³-hybridized carbons (Fsp3) is 0.684. The van der Waals surface area contributed by atoms with Gasteiger partial charge in [0.25, 0.3) is 0 Å². The first kappa shape index (κ1) is 17.5. The minimum Gasteiger partial charge on any atom is -0.486 e. The zero-order chi connectivity index (χ0) is 16.9. The molecule has 5 heteroatoms. The summed E-state index contributed by atoms with van der Waals surface area (Å²) in [7, 11) is 0. The highest BCUT2D eigenvalue weighted by atomic mass is 16.6. The highest BCUT2D eigenvalue weighted by Crippen LogP contribution is 2.30. The summed E-state index contributed by atoms with van der Waals surface area (Å²) in [5, 5.41) is 10.2. The van der Waals surface area contributed by atoms with Gasteiger partial charge in [-0.3, -0.25) is 0 Å². The lowest BCUT2D eigenvalue weighted by atomic mass is 9.92. The summed E-state index contributed by atoms with van der Waals surface area (Å²) < 4.78 is 17.2. The van der Waals surface area contributed by atoms with E-state index in [2.05, 4.69) is 13.8 Å². The first-order valence-electron chi connectivity index (χ1n) is 9.08. The third kappa shape index (κ3) is 4.85. The van der Waals surface area contributed by atoms with Gasteiger partial charge in [0.05, 0.1) is 26.3 Å². The van der Waals surface area contributed by atoms with Gasteiger partial charge in [0.2, 0.25) is 0 Å². The fourth-order valence-electron chi connectivity index (χ4n) is 3.96. The highest BCUT2D eigenvalue weighted by Gasteiger charge is 2.27. The Bertz CT molecular complexity index is 514. The van der Waals surface area contributed by atoms with E-state index < -0.39 is 6.10 Å². The predicted octanol–water partition coefficient (Wildman–Crippen LogP) is 0.765. The maximum absolute atomic E-state index is 10.2. The first-order chi connectivity index (χ1) is 11.6. The molecule has 5 nitrogen and oxygen atoms in total. The maximum Gasteiger partial charge on any atom is 0.161 e. The van der Waals surface area contributed by atoms with Crippen LogP contribution in [0.4, 0.5) is 0 Å². The summed E-state index contributed by atoms with van der Waals surface area (Å²) in [5.74, 6) is 3.03. The lowest BCUT2D eigenvalue weighted by Crippen LogP contribution is -3.15. The molecule has 2 aliphatic rings. The van der Waals surface area contributed by atoms with Crippen LogP contribution in [0.1, 0.15) is 20.3 Å². The predicted molar refractivity (Wildman–Crippen MR) is 91.7 cm³/mol. The van der Waals surface area contributed by atoms with Gasteiger partial charge in [-0.2, -0.15) is 0 Å². The van der Waals surface area contributed by atoms with Crippen LogP contribution >= 0.6 is 0 Å². The van der Waals surface area contributed by atoms with Crippen molar-refractivity contribution in [2.24, 2.45) is 11.8 Å². The molecule has 134 valence electrons. The van der Waals surface area contributed by atoms with E-state index in [0.717, 1.165) is 43.0 Å². The van der Waals surface area contributed by atoms with Crippen LogP contribution in [0, 0.1) is 11.8 Å². The molecule has 0 unspecified atom stereocenters. The number of hydrogen-bond acceptors (Lipinski definition) is 4. The van der Waals surface area contributed by atoms with Crippen LogP contribution in [0.25, 0.3) is 0 Å². The molecule has 24 heavy (non-hydrogen) atoms. The molecule has 4 atom stereocenters. The molecule has 2 heterocycles. The number of hydrogen-bond donors (Lipinski definition) is 2. The largest absolute Gasteiger partial charge is 0.486 e. The SMILES string of the molecule is C[C@H]1C[C@H](C)C[NH+](C[C@H](O)COC[C@@H]2COc3ccccc3O2)C1. The van der Waals surface area contributed by atoms with Crippen LogP contribution in [0.3, 0.4) is 0 Å². The third-order valence-electron chi connectivity index (χ3n) is 4.78. The Balaban J connectivity index is 1.36. The molecule has 0 spiro atoms. The number of nitrogens with one attached hydrogen (secondary N) is 1. The topological polar surface area (TPSA) is 52.4 Å². The molecule has 2 N–H and O–H groups in total. The molecule has 1 saturated heterocycles. The second-order valence-electron chi connectivity index (χ2n) is 7.50. The quantitative estimate of drug-likeness (QED) is 0.806. The van der Waals surface area contributed by atoms with Crippen LogP contribution < -0.4 is 14.4 Å². The van der Waals surface area contributed by atoms with Gasteiger partial charge in [-0.25, -0.2) is 0 Å². The van der Waals surface area contributed by atoms with Gasteiger partial charge in [-0.1, -0.05) is 26.0 Å². The molecule has 0 aliphatic carbocycles. The fourth-order valence-corrected chi connectivity index (χ4v) is 3.96. The highest BCUT2D eigenvalue weighted by molar-refractivity contribution is 5.40. The summed E-state index contributed by atoms with van der Waals surface area (Å²) in [6.45, 7) is 8.95. The van der Waals surface area contributed by atoms with Crippen LogP contribution in [-0.2, 0) is 4.74 Å². The van der Waals surface area contributed by atoms with Crippen LogP contribution in [0.15, 0.2) is 24.3 Å². The summed E-state index contributed by atoms with van der Waals surface area (Å²) in [5.41, 5.74) is 0. The molecule has 0 bridgehead atoms. The number of para-hydroxylation sites is 2. The van der Waals surface area contributed by atoms with Crippen LogP contribution in [0.2, 0.25) is 0 Å². The Morgan fingerprint density at radius 1 is 1.21 bits per heavy atom. The van der Waals surface area contributed by atoms with Gasteiger partial charge in [-0.15, -0.1) is 0 Å². The monoisotopic (exact) mass is 336 g/mol. The summed E-state index contributed by atoms with van der Waals surface area (Å²) in [4.78, 5) is 1.49. The van der Waals surface area contributed by atoms with Crippen molar-refractivity contribution in [3.63, 3.8) is 0 Å². The van der Waals surface area contributed by atoms with Crippen molar-refractivity contribution in [2.45, 2.75) is 32.5 Å². The molecule has 0 aromatic heterocycles. The van der Waals surface area contributed by atoms with E-state index in [1.165, 1.54) is 11.3 Å². The molecule has 0 radical (unpaired) electrons. The molecule has 0 saturated carbocycles. The molecule has 1 aromatic rings. The first-order valence-corrected chi connectivity index (χ1v) is 9.08. The Morgan fingerprint density at radius 2 is 1.92 bits per heavy atom. The molecule has 1 aromatic carbocycles. The van der Waals surface area contributed by atoms with Gasteiger partial charge in [0.15, 0.2) is 17.6 Å². The lowest BCUT2D eigenvalue weighted by molar-refractivity contribution is -0.915. The van der Waals surface area contributed by atoms with Crippen molar-refractivity contribution < 1.29 is 24.2 Å². The number of likely N-dealkylation sites (tertiary alicyclic amines) is 1. The van der Waals surface area contributed by atoms with Crippen LogP contribution in [0.5, 0.6) is 11.5 Å². The number of ether oxygens (including phenoxy) is 3. The van der Waals surface area contributed by atoms with Gasteiger partial charge in [0, 0.05) is 11.8 Å². The second-order valence-corrected chi connectivity index (χ2v) is 7.50. The average Bonchev–Trinajstić information content (AvgIpc) is 2.53. The Labute approximate surface area is 144 Å². The Hall–Kier alpha value is -1.30. The van der Waals surface area contributed by atoms with E-state index in [1.807, 2.05) is 24.3 Å². The molecule has 1 fully saturated rings. The number of rotatable bonds is 6. The van der Waals surface area contributed by atoms with Crippen molar-refractivity contribution in [3.05, 3.63) is 24.3 Å². The number of quaternary nitrogens is 1. The average molecular weight is 336 g/mol. The van der Waals surface area contributed by atoms with Crippen LogP contribution in [-0.4, -0.2) is 56.8 Å².